The summed E-state index contributed by atoms with van der Waals surface area (Å²) in [6.45, 7) is 6.51. The number of nitrogens with zero attached hydrogens (tertiary/aromatic N) is 3. The van der Waals surface area contributed by atoms with Gasteiger partial charge in [0.2, 0.25) is 5.91 Å². The number of hydrogen-bond acceptors (Lipinski definition) is 5. The summed E-state index contributed by atoms with van der Waals surface area (Å²) >= 11 is 1.55. The Morgan fingerprint density at radius 2 is 1.90 bits per heavy atom. The molecule has 0 aliphatic heterocycles. The van der Waals surface area contributed by atoms with E-state index in [0.717, 1.165) is 38.4 Å². The van der Waals surface area contributed by atoms with Crippen molar-refractivity contribution in [1.82, 2.24) is 9.97 Å². The molecule has 4 aromatic rings. The molecule has 158 valence electrons. The van der Waals surface area contributed by atoms with Gasteiger partial charge in [0, 0.05) is 6.20 Å². The van der Waals surface area contributed by atoms with Gasteiger partial charge in [0.05, 0.1) is 36.0 Å². The van der Waals surface area contributed by atoms with E-state index >= 15 is 0 Å². The van der Waals surface area contributed by atoms with Crippen LogP contribution in [0.15, 0.2) is 54.7 Å². The first-order chi connectivity index (χ1) is 14.9. The molecule has 31 heavy (non-hydrogen) atoms. The highest BCUT2D eigenvalue weighted by molar-refractivity contribution is 7.22. The van der Waals surface area contributed by atoms with Crippen molar-refractivity contribution in [3.63, 3.8) is 0 Å². The van der Waals surface area contributed by atoms with Crippen molar-refractivity contribution in [3.8, 4) is 5.75 Å². The van der Waals surface area contributed by atoms with E-state index in [0.29, 0.717) is 11.7 Å². The maximum Gasteiger partial charge on any atom is 0.233 e. The lowest BCUT2D eigenvalue weighted by atomic mass is 10.1. The second kappa shape index (κ2) is 8.86. The molecule has 0 radical (unpaired) electrons. The Morgan fingerprint density at radius 3 is 2.61 bits per heavy atom. The molecule has 0 aliphatic rings. The molecule has 6 heteroatoms. The highest BCUT2D eigenvalue weighted by Gasteiger charge is 2.22. The maximum absolute atomic E-state index is 13.4. The van der Waals surface area contributed by atoms with E-state index < -0.39 is 0 Å². The van der Waals surface area contributed by atoms with E-state index in [1.165, 1.54) is 5.56 Å². The SMILES string of the molecule is COc1ccc(CC(=O)N(Cc2ccccn2)c2nc3cc(C)cc(C)c3s2)cc1C. The number of carbonyl (C=O) groups is 1. The smallest absolute Gasteiger partial charge is 0.233 e. The van der Waals surface area contributed by atoms with E-state index in [9.17, 15) is 4.79 Å². The number of thiazole rings is 1. The van der Waals surface area contributed by atoms with Crippen LogP contribution in [0.3, 0.4) is 0 Å². The normalized spacial score (nSPS) is 11.0. The zero-order valence-electron chi connectivity index (χ0n) is 18.2. The van der Waals surface area contributed by atoms with Crippen LogP contribution in [0.1, 0.15) is 27.9 Å². The maximum atomic E-state index is 13.4. The molecule has 0 saturated heterocycles. The van der Waals surface area contributed by atoms with Crippen LogP contribution in [-0.4, -0.2) is 23.0 Å². The first-order valence-electron chi connectivity index (χ1n) is 10.2. The molecule has 2 heterocycles. The van der Waals surface area contributed by atoms with Gasteiger partial charge in [0.15, 0.2) is 5.13 Å². The van der Waals surface area contributed by atoms with Crippen molar-refractivity contribution in [2.45, 2.75) is 33.7 Å². The molecule has 0 aliphatic carbocycles. The largest absolute Gasteiger partial charge is 0.496 e. The van der Waals surface area contributed by atoms with Crippen molar-refractivity contribution in [2.75, 3.05) is 12.0 Å². The van der Waals surface area contributed by atoms with Gasteiger partial charge in [0.25, 0.3) is 0 Å². The van der Waals surface area contributed by atoms with Crippen LogP contribution in [0.4, 0.5) is 5.13 Å². The van der Waals surface area contributed by atoms with Crippen molar-refractivity contribution >= 4 is 32.6 Å². The van der Waals surface area contributed by atoms with Crippen LogP contribution in [0, 0.1) is 20.8 Å². The molecule has 0 saturated carbocycles. The fraction of sp³-hybridized carbons (Fsp3) is 0.240. The minimum absolute atomic E-state index is 0.0105. The van der Waals surface area contributed by atoms with E-state index in [2.05, 4.69) is 31.0 Å². The van der Waals surface area contributed by atoms with Crippen LogP contribution in [0.25, 0.3) is 10.2 Å². The fourth-order valence-corrected chi connectivity index (χ4v) is 4.75. The van der Waals surface area contributed by atoms with Crippen LogP contribution in [0.2, 0.25) is 0 Å². The van der Waals surface area contributed by atoms with E-state index in [-0.39, 0.29) is 12.3 Å². The molecule has 2 aromatic heterocycles. The Hall–Kier alpha value is -3.25. The summed E-state index contributed by atoms with van der Waals surface area (Å²) in [5.41, 5.74) is 6.05. The minimum atomic E-state index is -0.0105. The van der Waals surface area contributed by atoms with Crippen LogP contribution >= 0.6 is 11.3 Å². The zero-order valence-corrected chi connectivity index (χ0v) is 19.0. The van der Waals surface area contributed by atoms with E-state index in [4.69, 9.17) is 9.72 Å². The molecule has 0 spiro atoms. The number of anilines is 1. The second-order valence-electron chi connectivity index (χ2n) is 7.71. The summed E-state index contributed by atoms with van der Waals surface area (Å²) in [7, 11) is 1.65. The number of aryl methyl sites for hydroxylation is 3. The molecule has 0 bridgehead atoms. The van der Waals surface area contributed by atoms with Gasteiger partial charge in [-0.15, -0.1) is 0 Å². The third-order valence-corrected chi connectivity index (χ3v) is 6.43. The average molecular weight is 432 g/mol. The fourth-order valence-electron chi connectivity index (χ4n) is 3.72. The van der Waals surface area contributed by atoms with Gasteiger partial charge in [-0.3, -0.25) is 14.7 Å². The summed E-state index contributed by atoms with van der Waals surface area (Å²) in [6.07, 6.45) is 2.03. The molecular weight excluding hydrogens is 406 g/mol. The Kier molecular flexibility index (Phi) is 6.00. The lowest BCUT2D eigenvalue weighted by Crippen LogP contribution is -2.32. The van der Waals surface area contributed by atoms with Gasteiger partial charge in [-0.05, 0) is 67.3 Å². The first kappa shape index (κ1) is 21.0. The van der Waals surface area contributed by atoms with Crippen LogP contribution in [-0.2, 0) is 17.8 Å². The number of hydrogen-bond donors (Lipinski definition) is 0. The Labute approximate surface area is 186 Å². The third-order valence-electron chi connectivity index (χ3n) is 5.20. The van der Waals surface area contributed by atoms with Gasteiger partial charge in [-0.25, -0.2) is 4.98 Å². The minimum Gasteiger partial charge on any atom is -0.496 e. The topological polar surface area (TPSA) is 55.3 Å². The number of ether oxygens (including phenoxy) is 1. The highest BCUT2D eigenvalue weighted by Crippen LogP contribution is 2.33. The Morgan fingerprint density at radius 1 is 1.06 bits per heavy atom. The number of benzene rings is 2. The van der Waals surface area contributed by atoms with Crippen LogP contribution in [0.5, 0.6) is 5.75 Å². The lowest BCUT2D eigenvalue weighted by molar-refractivity contribution is -0.118. The number of methoxy groups -OCH3 is 1. The second-order valence-corrected chi connectivity index (χ2v) is 8.69. The van der Waals surface area contributed by atoms with Gasteiger partial charge >= 0.3 is 0 Å². The van der Waals surface area contributed by atoms with Gasteiger partial charge in [-0.1, -0.05) is 35.6 Å². The molecule has 0 atom stereocenters. The summed E-state index contributed by atoms with van der Waals surface area (Å²) in [6, 6.07) is 15.8. The zero-order chi connectivity index (χ0) is 22.0. The number of aromatic nitrogens is 2. The molecule has 1 amide bonds. The Balaban J connectivity index is 1.69. The molecule has 0 unspecified atom stereocenters. The van der Waals surface area contributed by atoms with Crippen molar-refractivity contribution in [3.05, 3.63) is 82.7 Å². The van der Waals surface area contributed by atoms with E-state index in [1.807, 2.05) is 43.3 Å². The summed E-state index contributed by atoms with van der Waals surface area (Å²) in [5, 5.41) is 0.699. The number of pyridine rings is 1. The summed E-state index contributed by atoms with van der Waals surface area (Å²) in [5.74, 6) is 0.808. The monoisotopic (exact) mass is 431 g/mol. The van der Waals surface area contributed by atoms with Gasteiger partial charge < -0.3 is 4.74 Å². The van der Waals surface area contributed by atoms with Crippen LogP contribution < -0.4 is 9.64 Å². The average Bonchev–Trinajstić information content (AvgIpc) is 3.17. The molecular formula is C25H25N3O2S. The predicted molar refractivity (Wildman–Crippen MR) is 126 cm³/mol. The highest BCUT2D eigenvalue weighted by atomic mass is 32.1. The Bertz CT molecular complexity index is 1230. The molecule has 0 fully saturated rings. The quantitative estimate of drug-likeness (QED) is 0.410. The van der Waals surface area contributed by atoms with Crippen molar-refractivity contribution in [1.29, 1.82) is 0 Å². The third kappa shape index (κ3) is 4.59. The number of amides is 1. The number of fused-ring (bicyclic) bond motifs is 1. The standard InChI is InChI=1S/C25H25N3O2S/c1-16-11-18(3)24-21(12-16)27-25(31-24)28(15-20-7-5-6-10-26-20)23(29)14-19-8-9-22(30-4)17(2)13-19/h5-13H,14-15H2,1-4H3. The molecule has 4 rings (SSSR count). The number of rotatable bonds is 6. The lowest BCUT2D eigenvalue weighted by Gasteiger charge is -2.20. The van der Waals surface area contributed by atoms with Crippen molar-refractivity contribution < 1.29 is 9.53 Å². The van der Waals surface area contributed by atoms with Crippen molar-refractivity contribution in [2.24, 2.45) is 0 Å². The molecule has 5 nitrogen and oxygen atoms in total. The predicted octanol–water partition coefficient (Wildman–Crippen LogP) is 5.40. The first-order valence-corrected chi connectivity index (χ1v) is 11.0. The van der Waals surface area contributed by atoms with Gasteiger partial charge in [-0.2, -0.15) is 0 Å². The molecule has 2 aromatic carbocycles. The molecule has 0 N–H and O–H groups in total. The number of carbonyl (C=O) groups excluding carboxylic acids is 1. The summed E-state index contributed by atoms with van der Waals surface area (Å²) in [4.78, 5) is 24.4. The summed E-state index contributed by atoms with van der Waals surface area (Å²) < 4.78 is 6.45. The van der Waals surface area contributed by atoms with E-state index in [1.54, 1.807) is 29.5 Å². The van der Waals surface area contributed by atoms with Gasteiger partial charge in [0.1, 0.15) is 5.75 Å².